The highest BCUT2D eigenvalue weighted by atomic mass is 19.1. The third-order valence-electron chi connectivity index (χ3n) is 3.83. The first-order chi connectivity index (χ1) is 11.4. The van der Waals surface area contributed by atoms with Crippen molar-refractivity contribution in [2.24, 2.45) is 0 Å². The van der Waals surface area contributed by atoms with E-state index in [-0.39, 0.29) is 11.7 Å². The summed E-state index contributed by atoms with van der Waals surface area (Å²) in [7, 11) is 1.60. The quantitative estimate of drug-likeness (QED) is 0.816. The van der Waals surface area contributed by atoms with E-state index in [1.807, 2.05) is 38.1 Å². The Bertz CT molecular complexity index is 738. The largest absolute Gasteiger partial charge is 0.497 e. The number of hydrogen-bond donors (Lipinski definition) is 1. The van der Waals surface area contributed by atoms with E-state index in [9.17, 15) is 9.18 Å². The summed E-state index contributed by atoms with van der Waals surface area (Å²) in [5.41, 5.74) is 0.963. The smallest absolute Gasteiger partial charge is 0.244 e. The van der Waals surface area contributed by atoms with Crippen LogP contribution in [0.5, 0.6) is 5.75 Å². The Balaban J connectivity index is 1.97. The Morgan fingerprint density at radius 3 is 2.67 bits per heavy atom. The second kappa shape index (κ2) is 7.77. The summed E-state index contributed by atoms with van der Waals surface area (Å²) in [5.74, 6) is 0.254. The van der Waals surface area contributed by atoms with Crippen LogP contribution >= 0.6 is 0 Å². The Kier molecular flexibility index (Phi) is 5.74. The number of carbonyl (C=O) groups is 1. The first-order valence-corrected chi connectivity index (χ1v) is 7.77. The summed E-state index contributed by atoms with van der Waals surface area (Å²) in [4.78, 5) is 12.0. The van der Waals surface area contributed by atoms with Crippen LogP contribution in [0, 0.1) is 5.82 Å². The number of nitrogens with one attached hydrogen (secondary N) is 1. The standard InChI is InChI=1S/C20H22FNO2/c1-20(2,17-9-4-5-10-18(17)21)14-22-19(23)12-11-15-7-6-8-16(13-15)24-3/h4-13H,14H2,1-3H3,(H,22,23)/b12-11+. The topological polar surface area (TPSA) is 38.3 Å². The fourth-order valence-corrected chi connectivity index (χ4v) is 2.39. The fraction of sp³-hybridized carbons (Fsp3) is 0.250. The van der Waals surface area contributed by atoms with Gasteiger partial charge in [0.05, 0.1) is 7.11 Å². The van der Waals surface area contributed by atoms with E-state index in [2.05, 4.69) is 5.32 Å². The van der Waals surface area contributed by atoms with Crippen LogP contribution in [0.4, 0.5) is 4.39 Å². The molecule has 0 radical (unpaired) electrons. The lowest BCUT2D eigenvalue weighted by Crippen LogP contribution is -2.36. The van der Waals surface area contributed by atoms with Gasteiger partial charge in [0.25, 0.3) is 0 Å². The Morgan fingerprint density at radius 1 is 1.21 bits per heavy atom. The molecule has 2 rings (SSSR count). The minimum atomic E-state index is -0.495. The number of carbonyl (C=O) groups excluding carboxylic acids is 1. The van der Waals surface area contributed by atoms with Gasteiger partial charge in [0.2, 0.25) is 5.91 Å². The van der Waals surface area contributed by atoms with Crippen LogP contribution in [0.25, 0.3) is 6.08 Å². The highest BCUT2D eigenvalue weighted by Gasteiger charge is 2.24. The van der Waals surface area contributed by atoms with Crippen molar-refractivity contribution in [3.63, 3.8) is 0 Å². The Labute approximate surface area is 142 Å². The zero-order valence-electron chi connectivity index (χ0n) is 14.2. The van der Waals surface area contributed by atoms with Crippen molar-refractivity contribution in [1.29, 1.82) is 0 Å². The third kappa shape index (κ3) is 4.69. The molecule has 0 fully saturated rings. The van der Waals surface area contributed by atoms with Gasteiger partial charge in [0.15, 0.2) is 0 Å². The van der Waals surface area contributed by atoms with E-state index in [0.717, 1.165) is 11.3 Å². The fourth-order valence-electron chi connectivity index (χ4n) is 2.39. The minimum Gasteiger partial charge on any atom is -0.497 e. The lowest BCUT2D eigenvalue weighted by Gasteiger charge is -2.25. The van der Waals surface area contributed by atoms with Crippen LogP contribution in [-0.4, -0.2) is 19.6 Å². The predicted molar refractivity (Wildman–Crippen MR) is 94.5 cm³/mol. The molecule has 0 heterocycles. The molecule has 0 unspecified atom stereocenters. The van der Waals surface area contributed by atoms with Crippen molar-refractivity contribution in [2.75, 3.05) is 13.7 Å². The molecule has 0 aliphatic heterocycles. The van der Waals surface area contributed by atoms with E-state index in [1.54, 1.807) is 31.4 Å². The van der Waals surface area contributed by atoms with Gasteiger partial charge in [-0.1, -0.05) is 44.2 Å². The molecule has 0 aromatic heterocycles. The summed E-state index contributed by atoms with van der Waals surface area (Å²) in [6, 6.07) is 14.1. The van der Waals surface area contributed by atoms with E-state index < -0.39 is 5.41 Å². The van der Waals surface area contributed by atoms with E-state index in [0.29, 0.717) is 12.1 Å². The monoisotopic (exact) mass is 327 g/mol. The molecular weight excluding hydrogens is 305 g/mol. The highest BCUT2D eigenvalue weighted by molar-refractivity contribution is 5.91. The maximum atomic E-state index is 13.9. The van der Waals surface area contributed by atoms with Crippen LogP contribution < -0.4 is 10.1 Å². The van der Waals surface area contributed by atoms with Crippen molar-refractivity contribution in [2.45, 2.75) is 19.3 Å². The minimum absolute atomic E-state index is 0.220. The molecule has 2 aromatic carbocycles. The highest BCUT2D eigenvalue weighted by Crippen LogP contribution is 2.24. The van der Waals surface area contributed by atoms with Crippen molar-refractivity contribution >= 4 is 12.0 Å². The van der Waals surface area contributed by atoms with Crippen LogP contribution in [0.2, 0.25) is 0 Å². The SMILES string of the molecule is COc1cccc(/C=C/C(=O)NCC(C)(C)c2ccccc2F)c1. The molecule has 126 valence electrons. The van der Waals surface area contributed by atoms with Crippen LogP contribution in [0.3, 0.4) is 0 Å². The van der Waals surface area contributed by atoms with Crippen molar-refractivity contribution in [3.05, 3.63) is 71.6 Å². The number of rotatable bonds is 6. The predicted octanol–water partition coefficient (Wildman–Crippen LogP) is 3.94. The van der Waals surface area contributed by atoms with Crippen LogP contribution in [-0.2, 0) is 10.2 Å². The lowest BCUT2D eigenvalue weighted by atomic mass is 9.84. The molecule has 0 saturated carbocycles. The first-order valence-electron chi connectivity index (χ1n) is 7.77. The lowest BCUT2D eigenvalue weighted by molar-refractivity contribution is -0.116. The van der Waals surface area contributed by atoms with Gasteiger partial charge >= 0.3 is 0 Å². The zero-order valence-corrected chi connectivity index (χ0v) is 14.2. The van der Waals surface area contributed by atoms with Gasteiger partial charge in [-0.2, -0.15) is 0 Å². The van der Waals surface area contributed by atoms with E-state index in [1.165, 1.54) is 12.1 Å². The van der Waals surface area contributed by atoms with Gasteiger partial charge in [-0.25, -0.2) is 4.39 Å². The number of halogens is 1. The number of benzene rings is 2. The number of hydrogen-bond acceptors (Lipinski definition) is 2. The maximum absolute atomic E-state index is 13.9. The van der Waals surface area contributed by atoms with Crippen LogP contribution in [0.1, 0.15) is 25.0 Å². The molecule has 0 spiro atoms. The summed E-state index contributed by atoms with van der Waals surface area (Å²) < 4.78 is 19.1. The van der Waals surface area contributed by atoms with Gasteiger partial charge in [0.1, 0.15) is 11.6 Å². The molecular formula is C20H22FNO2. The van der Waals surface area contributed by atoms with Crippen molar-refractivity contribution in [3.8, 4) is 5.75 Å². The van der Waals surface area contributed by atoms with Gasteiger partial charge in [-0.05, 0) is 35.4 Å². The molecule has 0 aliphatic carbocycles. The van der Waals surface area contributed by atoms with Crippen LogP contribution in [0.15, 0.2) is 54.6 Å². The molecule has 0 bridgehead atoms. The Morgan fingerprint density at radius 2 is 1.96 bits per heavy atom. The summed E-state index contributed by atoms with van der Waals surface area (Å²) in [6.45, 7) is 4.14. The second-order valence-electron chi connectivity index (χ2n) is 6.19. The molecule has 1 amide bonds. The molecule has 0 saturated heterocycles. The van der Waals surface area contributed by atoms with Gasteiger partial charge in [-0.15, -0.1) is 0 Å². The number of amides is 1. The number of methoxy groups -OCH3 is 1. The molecule has 0 aliphatic rings. The molecule has 0 atom stereocenters. The van der Waals surface area contributed by atoms with Crippen molar-refractivity contribution in [1.82, 2.24) is 5.32 Å². The third-order valence-corrected chi connectivity index (χ3v) is 3.83. The molecule has 24 heavy (non-hydrogen) atoms. The molecule has 3 nitrogen and oxygen atoms in total. The van der Waals surface area contributed by atoms with Crippen molar-refractivity contribution < 1.29 is 13.9 Å². The van der Waals surface area contributed by atoms with E-state index in [4.69, 9.17) is 4.74 Å². The summed E-state index contributed by atoms with van der Waals surface area (Å²) in [6.07, 6.45) is 3.18. The van der Waals surface area contributed by atoms with Gasteiger partial charge in [-0.3, -0.25) is 4.79 Å². The van der Waals surface area contributed by atoms with Gasteiger partial charge in [0, 0.05) is 18.0 Å². The molecule has 4 heteroatoms. The average molecular weight is 327 g/mol. The summed E-state index contributed by atoms with van der Waals surface area (Å²) >= 11 is 0. The van der Waals surface area contributed by atoms with Gasteiger partial charge < -0.3 is 10.1 Å². The summed E-state index contributed by atoms with van der Waals surface area (Å²) in [5, 5.41) is 2.82. The maximum Gasteiger partial charge on any atom is 0.244 e. The Hall–Kier alpha value is -2.62. The number of ether oxygens (including phenoxy) is 1. The first kappa shape index (κ1) is 17.7. The second-order valence-corrected chi connectivity index (χ2v) is 6.19. The average Bonchev–Trinajstić information content (AvgIpc) is 2.58. The zero-order chi connectivity index (χ0) is 17.6. The normalized spacial score (nSPS) is 11.5. The van der Waals surface area contributed by atoms with E-state index >= 15 is 0 Å². The molecule has 2 aromatic rings. The molecule has 1 N–H and O–H groups in total.